The minimum absolute atomic E-state index is 0.176. The normalized spacial score (nSPS) is 11.4. The summed E-state index contributed by atoms with van der Waals surface area (Å²) in [6, 6.07) is 6.54. The molecule has 9 heteroatoms. The lowest BCUT2D eigenvalue weighted by molar-refractivity contribution is 0.475. The first-order chi connectivity index (χ1) is 12.0. The second-order valence-electron chi connectivity index (χ2n) is 5.54. The summed E-state index contributed by atoms with van der Waals surface area (Å²) in [6.07, 6.45) is 2.35. The van der Waals surface area contributed by atoms with Crippen molar-refractivity contribution in [2.45, 2.75) is 19.9 Å². The molecule has 2 heterocycles. The molecule has 3 N–H and O–H groups in total. The lowest BCUT2D eigenvalue weighted by atomic mass is 10.2. The van der Waals surface area contributed by atoms with Gasteiger partial charge in [-0.15, -0.1) is 0 Å². The van der Waals surface area contributed by atoms with Crippen LogP contribution in [0, 0.1) is 0 Å². The van der Waals surface area contributed by atoms with Crippen LogP contribution in [0.1, 0.15) is 18.9 Å². The van der Waals surface area contributed by atoms with Gasteiger partial charge in [0.15, 0.2) is 11.2 Å². The molecule has 0 saturated heterocycles. The molecule has 0 atom stereocenters. The van der Waals surface area contributed by atoms with Gasteiger partial charge in [-0.2, -0.15) is 10.1 Å². The number of phenolic OH excluding ortho intramolecular Hbond substituents is 1. The van der Waals surface area contributed by atoms with Gasteiger partial charge in [-0.25, -0.2) is 10.2 Å². The van der Waals surface area contributed by atoms with Crippen molar-refractivity contribution in [1.29, 1.82) is 0 Å². The Hall–Kier alpha value is -3.36. The Balaban J connectivity index is 2.00. The summed E-state index contributed by atoms with van der Waals surface area (Å²) in [6.45, 7) is 2.53. The summed E-state index contributed by atoms with van der Waals surface area (Å²) in [5.41, 5.74) is 3.23. The van der Waals surface area contributed by atoms with Crippen LogP contribution in [-0.2, 0) is 13.6 Å². The van der Waals surface area contributed by atoms with Crippen LogP contribution in [0.2, 0.25) is 0 Å². The zero-order valence-corrected chi connectivity index (χ0v) is 13.9. The van der Waals surface area contributed by atoms with Crippen LogP contribution < -0.4 is 16.7 Å². The highest BCUT2D eigenvalue weighted by Crippen LogP contribution is 2.16. The van der Waals surface area contributed by atoms with E-state index in [9.17, 15) is 14.7 Å². The molecule has 130 valence electrons. The van der Waals surface area contributed by atoms with Crippen molar-refractivity contribution in [2.24, 2.45) is 12.1 Å². The number of nitrogens with zero attached hydrogens (tertiary/aromatic N) is 4. The monoisotopic (exact) mass is 342 g/mol. The van der Waals surface area contributed by atoms with Crippen molar-refractivity contribution in [3.63, 3.8) is 0 Å². The van der Waals surface area contributed by atoms with Crippen molar-refractivity contribution in [3.8, 4) is 5.75 Å². The van der Waals surface area contributed by atoms with E-state index in [1.54, 1.807) is 42.1 Å². The van der Waals surface area contributed by atoms with E-state index >= 15 is 0 Å². The van der Waals surface area contributed by atoms with Gasteiger partial charge in [0.2, 0.25) is 5.95 Å². The molecule has 0 aliphatic rings. The first-order valence-corrected chi connectivity index (χ1v) is 7.79. The molecule has 0 fully saturated rings. The predicted octanol–water partition coefficient (Wildman–Crippen LogP) is 0.985. The molecule has 0 bridgehead atoms. The summed E-state index contributed by atoms with van der Waals surface area (Å²) in [7, 11) is 1.55. The molecular weight excluding hydrogens is 324 g/mol. The molecule has 2 aromatic heterocycles. The number of hydrogen-bond donors (Lipinski definition) is 3. The van der Waals surface area contributed by atoms with Crippen LogP contribution >= 0.6 is 0 Å². The molecular formula is C16H18N6O3. The van der Waals surface area contributed by atoms with E-state index in [4.69, 9.17) is 0 Å². The van der Waals surface area contributed by atoms with Crippen molar-refractivity contribution < 1.29 is 5.11 Å². The van der Waals surface area contributed by atoms with Gasteiger partial charge < -0.3 is 9.67 Å². The smallest absolute Gasteiger partial charge is 0.329 e. The quantitative estimate of drug-likeness (QED) is 0.472. The largest absolute Gasteiger partial charge is 0.508 e. The van der Waals surface area contributed by atoms with Gasteiger partial charge in [0, 0.05) is 13.6 Å². The summed E-state index contributed by atoms with van der Waals surface area (Å²) >= 11 is 0. The number of hydrazone groups is 1. The Bertz CT molecular complexity index is 1040. The molecule has 0 saturated carbocycles. The van der Waals surface area contributed by atoms with Crippen molar-refractivity contribution in [1.82, 2.24) is 19.1 Å². The van der Waals surface area contributed by atoms with Gasteiger partial charge in [0.05, 0.1) is 6.21 Å². The molecule has 0 amide bonds. The average molecular weight is 342 g/mol. The Labute approximate surface area is 142 Å². The van der Waals surface area contributed by atoms with E-state index in [0.717, 1.165) is 12.0 Å². The van der Waals surface area contributed by atoms with Gasteiger partial charge in [-0.3, -0.25) is 14.3 Å². The Morgan fingerprint density at radius 1 is 1.32 bits per heavy atom. The number of aromatic amines is 1. The van der Waals surface area contributed by atoms with Crippen LogP contribution in [0.15, 0.2) is 39.0 Å². The third kappa shape index (κ3) is 3.16. The van der Waals surface area contributed by atoms with Crippen LogP contribution in [0.5, 0.6) is 5.75 Å². The summed E-state index contributed by atoms with van der Waals surface area (Å²) in [5.74, 6) is 0.550. The van der Waals surface area contributed by atoms with Crippen LogP contribution in [0.4, 0.5) is 5.95 Å². The Morgan fingerprint density at radius 2 is 2.04 bits per heavy atom. The van der Waals surface area contributed by atoms with E-state index in [1.165, 1.54) is 4.57 Å². The van der Waals surface area contributed by atoms with Gasteiger partial charge in [-0.1, -0.05) is 6.92 Å². The molecule has 0 spiro atoms. The van der Waals surface area contributed by atoms with Crippen LogP contribution in [-0.4, -0.2) is 30.4 Å². The second kappa shape index (κ2) is 6.63. The van der Waals surface area contributed by atoms with Crippen molar-refractivity contribution in [2.75, 3.05) is 5.43 Å². The van der Waals surface area contributed by atoms with E-state index in [-0.39, 0.29) is 5.75 Å². The lowest BCUT2D eigenvalue weighted by Crippen LogP contribution is -2.29. The molecule has 0 aliphatic heterocycles. The number of benzene rings is 1. The zero-order chi connectivity index (χ0) is 18.0. The number of anilines is 1. The second-order valence-corrected chi connectivity index (χ2v) is 5.54. The molecule has 9 nitrogen and oxygen atoms in total. The number of nitrogens with one attached hydrogen (secondary N) is 2. The number of imidazole rings is 1. The molecule has 3 aromatic rings. The highest BCUT2D eigenvalue weighted by atomic mass is 16.3. The molecule has 1 aromatic carbocycles. The number of phenols is 1. The molecule has 0 radical (unpaired) electrons. The van der Waals surface area contributed by atoms with E-state index < -0.39 is 11.2 Å². The standard InChI is InChI=1S/C16H18N6O3/c1-3-8-22-12-13(21(2)16(25)19-14(12)24)18-15(22)20-17-9-10-4-6-11(23)7-5-10/h4-7,9,23H,3,8H2,1-2H3,(H,18,20)(H,19,24,25)/b17-9-. The number of H-pyrrole nitrogens is 1. The number of fused-ring (bicyclic) bond motifs is 1. The zero-order valence-electron chi connectivity index (χ0n) is 13.9. The van der Waals surface area contributed by atoms with Crippen LogP contribution in [0.3, 0.4) is 0 Å². The van der Waals surface area contributed by atoms with Gasteiger partial charge >= 0.3 is 5.69 Å². The fourth-order valence-corrected chi connectivity index (χ4v) is 2.49. The van der Waals surface area contributed by atoms with E-state index in [2.05, 4.69) is 20.5 Å². The highest BCUT2D eigenvalue weighted by Gasteiger charge is 2.16. The average Bonchev–Trinajstić information content (AvgIpc) is 2.94. The van der Waals surface area contributed by atoms with Gasteiger partial charge in [0.1, 0.15) is 5.75 Å². The highest BCUT2D eigenvalue weighted by molar-refractivity contribution is 5.80. The topological polar surface area (TPSA) is 117 Å². The van der Waals surface area contributed by atoms with E-state index in [1.807, 2.05) is 6.92 Å². The maximum Gasteiger partial charge on any atom is 0.329 e. The third-order valence-corrected chi connectivity index (χ3v) is 3.73. The summed E-state index contributed by atoms with van der Waals surface area (Å²) < 4.78 is 2.99. The summed E-state index contributed by atoms with van der Waals surface area (Å²) in [5, 5.41) is 13.4. The fraction of sp³-hybridized carbons (Fsp3) is 0.250. The number of aryl methyl sites for hydroxylation is 2. The number of aromatic nitrogens is 4. The maximum absolute atomic E-state index is 12.2. The van der Waals surface area contributed by atoms with Gasteiger partial charge in [-0.05, 0) is 36.2 Å². The Morgan fingerprint density at radius 3 is 2.72 bits per heavy atom. The van der Waals surface area contributed by atoms with Gasteiger partial charge in [0.25, 0.3) is 5.56 Å². The predicted molar refractivity (Wildman–Crippen MR) is 95.2 cm³/mol. The lowest BCUT2D eigenvalue weighted by Gasteiger charge is -2.05. The first-order valence-electron chi connectivity index (χ1n) is 7.79. The molecule has 0 aliphatic carbocycles. The molecule has 25 heavy (non-hydrogen) atoms. The number of rotatable bonds is 5. The minimum atomic E-state index is -0.516. The summed E-state index contributed by atoms with van der Waals surface area (Å²) in [4.78, 5) is 30.5. The first kappa shape index (κ1) is 16.5. The molecule has 0 unspecified atom stereocenters. The fourth-order valence-electron chi connectivity index (χ4n) is 2.49. The SMILES string of the molecule is CCCn1c(N/N=C\c2ccc(O)cc2)nc2c1c(=O)[nH]c(=O)n2C. The number of aromatic hydroxyl groups is 1. The van der Waals surface area contributed by atoms with E-state index in [0.29, 0.717) is 23.7 Å². The third-order valence-electron chi connectivity index (χ3n) is 3.73. The molecule has 3 rings (SSSR count). The maximum atomic E-state index is 12.2. The van der Waals surface area contributed by atoms with Crippen LogP contribution in [0.25, 0.3) is 11.2 Å². The van der Waals surface area contributed by atoms with Crippen molar-refractivity contribution >= 4 is 23.3 Å². The number of hydrogen-bond acceptors (Lipinski definition) is 6. The Kier molecular flexibility index (Phi) is 4.38. The minimum Gasteiger partial charge on any atom is -0.508 e. The van der Waals surface area contributed by atoms with Crippen molar-refractivity contribution in [3.05, 3.63) is 50.7 Å².